The van der Waals surface area contributed by atoms with E-state index in [0.717, 1.165) is 20.7 Å². The first kappa shape index (κ1) is 16.6. The lowest BCUT2D eigenvalue weighted by Crippen LogP contribution is -2.14. The van der Waals surface area contributed by atoms with E-state index >= 15 is 0 Å². The Morgan fingerprint density at radius 1 is 1.04 bits per heavy atom. The average Bonchev–Trinajstić information content (AvgIpc) is 2.97. The summed E-state index contributed by atoms with van der Waals surface area (Å²) in [6, 6.07) is 7.55. The number of aryl methyl sites for hydroxylation is 1. The summed E-state index contributed by atoms with van der Waals surface area (Å²) in [5.41, 5.74) is 2.15. The summed E-state index contributed by atoms with van der Waals surface area (Å²) in [7, 11) is 0. The number of thioether (sulfide) groups is 1. The summed E-state index contributed by atoms with van der Waals surface area (Å²) in [5, 5.41) is 14.0. The van der Waals surface area contributed by atoms with E-state index in [4.69, 9.17) is 0 Å². The summed E-state index contributed by atoms with van der Waals surface area (Å²) < 4.78 is 39.9. The van der Waals surface area contributed by atoms with Gasteiger partial charge in [-0.2, -0.15) is 17.7 Å². The highest BCUT2D eigenvalue weighted by molar-refractivity contribution is 7.98. The Balaban J connectivity index is 2.08. The maximum Gasteiger partial charge on any atom is 0.453 e. The van der Waals surface area contributed by atoms with Gasteiger partial charge >= 0.3 is 6.18 Å². The third kappa shape index (κ3) is 2.91. The minimum Gasteiger partial charge on any atom is -0.339 e. The monoisotopic (exact) mass is 353 g/mol. The van der Waals surface area contributed by atoms with Crippen molar-refractivity contribution < 1.29 is 13.2 Å². The van der Waals surface area contributed by atoms with Crippen molar-refractivity contribution in [3.05, 3.63) is 41.2 Å². The second-order valence-electron chi connectivity index (χ2n) is 5.21. The highest BCUT2D eigenvalue weighted by Crippen LogP contribution is 2.30. The van der Waals surface area contributed by atoms with Crippen LogP contribution in [0.1, 0.15) is 17.0 Å². The lowest BCUT2D eigenvalue weighted by Gasteiger charge is -2.12. The maximum atomic E-state index is 13.0. The van der Waals surface area contributed by atoms with Gasteiger partial charge < -0.3 is 5.32 Å². The third-order valence-corrected chi connectivity index (χ3v) is 4.44. The number of aromatic nitrogens is 4. The van der Waals surface area contributed by atoms with Gasteiger partial charge in [-0.25, -0.2) is 0 Å². The average molecular weight is 353 g/mol. The van der Waals surface area contributed by atoms with E-state index in [1.54, 1.807) is 25.6 Å². The lowest BCUT2D eigenvalue weighted by atomic mass is 10.2. The molecule has 2 aromatic heterocycles. The molecule has 2 heterocycles. The fourth-order valence-corrected chi connectivity index (χ4v) is 2.64. The molecule has 0 amide bonds. The summed E-state index contributed by atoms with van der Waals surface area (Å²) in [5.74, 6) is -0.802. The standard InChI is InChI=1S/C15H14F3N5S/c1-8-9(2)13-20-21-14(15(16,17)18)23(13)22-12(8)19-10-4-6-11(24-3)7-5-10/h4-7H,1-3H3,(H,19,22). The first-order valence-electron chi connectivity index (χ1n) is 7.02. The number of rotatable bonds is 3. The SMILES string of the molecule is CSc1ccc(Nc2nn3c(C(F)(F)F)nnc3c(C)c2C)cc1. The van der Waals surface area contributed by atoms with Crippen molar-refractivity contribution in [2.24, 2.45) is 0 Å². The zero-order chi connectivity index (χ0) is 17.5. The van der Waals surface area contributed by atoms with Crippen LogP contribution >= 0.6 is 11.8 Å². The third-order valence-electron chi connectivity index (χ3n) is 3.70. The smallest absolute Gasteiger partial charge is 0.339 e. The molecule has 9 heteroatoms. The first-order chi connectivity index (χ1) is 11.3. The molecule has 0 radical (unpaired) electrons. The summed E-state index contributed by atoms with van der Waals surface area (Å²) >= 11 is 1.61. The van der Waals surface area contributed by atoms with Crippen molar-refractivity contribution in [1.82, 2.24) is 19.8 Å². The van der Waals surface area contributed by atoms with Gasteiger partial charge in [0.15, 0.2) is 11.5 Å². The van der Waals surface area contributed by atoms with Gasteiger partial charge in [0.25, 0.3) is 5.82 Å². The number of anilines is 2. The largest absolute Gasteiger partial charge is 0.453 e. The quantitative estimate of drug-likeness (QED) is 0.714. The van der Waals surface area contributed by atoms with Gasteiger partial charge in [0, 0.05) is 21.7 Å². The van der Waals surface area contributed by atoms with E-state index in [1.165, 1.54) is 0 Å². The molecule has 0 aliphatic rings. The van der Waals surface area contributed by atoms with E-state index < -0.39 is 12.0 Å². The Morgan fingerprint density at radius 2 is 1.71 bits per heavy atom. The molecule has 0 spiro atoms. The van der Waals surface area contributed by atoms with E-state index in [1.807, 2.05) is 30.5 Å². The fourth-order valence-electron chi connectivity index (χ4n) is 2.24. The summed E-state index contributed by atoms with van der Waals surface area (Å²) in [4.78, 5) is 1.09. The lowest BCUT2D eigenvalue weighted by molar-refractivity contribution is -0.146. The van der Waals surface area contributed by atoms with Crippen LogP contribution in [0.5, 0.6) is 0 Å². The molecule has 0 aliphatic carbocycles. The molecule has 1 aromatic carbocycles. The van der Waals surface area contributed by atoms with Gasteiger partial charge in [0.2, 0.25) is 0 Å². The second kappa shape index (κ2) is 5.97. The molecule has 0 atom stereocenters. The molecular weight excluding hydrogens is 339 g/mol. The Labute approximate surface area is 140 Å². The van der Waals surface area contributed by atoms with Gasteiger partial charge in [0.05, 0.1) is 0 Å². The Bertz CT molecular complexity index is 887. The number of fused-ring (bicyclic) bond motifs is 1. The van der Waals surface area contributed by atoms with Gasteiger partial charge in [-0.15, -0.1) is 27.1 Å². The molecule has 126 valence electrons. The number of benzene rings is 1. The van der Waals surface area contributed by atoms with E-state index in [-0.39, 0.29) is 5.65 Å². The van der Waals surface area contributed by atoms with Crippen molar-refractivity contribution >= 4 is 28.9 Å². The number of alkyl halides is 3. The molecular formula is C15H14F3N5S. The molecule has 0 saturated heterocycles. The number of hydrogen-bond acceptors (Lipinski definition) is 5. The molecule has 0 saturated carbocycles. The number of hydrogen-bond donors (Lipinski definition) is 1. The molecule has 5 nitrogen and oxygen atoms in total. The first-order valence-corrected chi connectivity index (χ1v) is 8.24. The summed E-state index contributed by atoms with van der Waals surface area (Å²) in [6.45, 7) is 3.48. The molecule has 3 aromatic rings. The Kier molecular flexibility index (Phi) is 4.12. The highest BCUT2D eigenvalue weighted by Gasteiger charge is 2.38. The van der Waals surface area contributed by atoms with Gasteiger partial charge in [-0.1, -0.05) is 0 Å². The topological polar surface area (TPSA) is 55.1 Å². The van der Waals surface area contributed by atoms with Gasteiger partial charge in [0.1, 0.15) is 0 Å². The van der Waals surface area contributed by atoms with Gasteiger partial charge in [-0.3, -0.25) is 0 Å². The van der Waals surface area contributed by atoms with Gasteiger partial charge in [-0.05, 0) is 44.4 Å². The van der Waals surface area contributed by atoms with E-state index in [9.17, 15) is 13.2 Å². The van der Waals surface area contributed by atoms with Crippen LogP contribution in [-0.2, 0) is 6.18 Å². The predicted octanol–water partition coefficient (Wildman–Crippen LogP) is 4.23. The number of halogens is 3. The number of nitrogens with zero attached hydrogens (tertiary/aromatic N) is 4. The minimum absolute atomic E-state index is 0.100. The van der Waals surface area contributed by atoms with Crippen LogP contribution in [0, 0.1) is 13.8 Å². The van der Waals surface area contributed by atoms with Crippen molar-refractivity contribution in [2.45, 2.75) is 24.9 Å². The highest BCUT2D eigenvalue weighted by atomic mass is 32.2. The van der Waals surface area contributed by atoms with Crippen molar-refractivity contribution in [1.29, 1.82) is 0 Å². The van der Waals surface area contributed by atoms with Crippen LogP contribution in [0.15, 0.2) is 29.2 Å². The van der Waals surface area contributed by atoms with Crippen LogP contribution < -0.4 is 5.32 Å². The van der Waals surface area contributed by atoms with Crippen LogP contribution in [0.3, 0.4) is 0 Å². The van der Waals surface area contributed by atoms with Crippen LogP contribution in [-0.4, -0.2) is 26.1 Å². The van der Waals surface area contributed by atoms with Crippen molar-refractivity contribution in [3.63, 3.8) is 0 Å². The molecule has 0 fully saturated rings. The molecule has 1 N–H and O–H groups in total. The van der Waals surface area contributed by atoms with E-state index in [0.29, 0.717) is 11.4 Å². The van der Waals surface area contributed by atoms with Crippen LogP contribution in [0.25, 0.3) is 5.65 Å². The molecule has 0 bridgehead atoms. The zero-order valence-electron chi connectivity index (χ0n) is 13.1. The van der Waals surface area contributed by atoms with Crippen LogP contribution in [0.4, 0.5) is 24.7 Å². The van der Waals surface area contributed by atoms with Crippen molar-refractivity contribution in [2.75, 3.05) is 11.6 Å². The van der Waals surface area contributed by atoms with E-state index in [2.05, 4.69) is 20.6 Å². The maximum absolute atomic E-state index is 13.0. The molecule has 0 unspecified atom stereocenters. The van der Waals surface area contributed by atoms with Crippen molar-refractivity contribution in [3.8, 4) is 0 Å². The molecule has 3 rings (SSSR count). The minimum atomic E-state index is -4.62. The molecule has 0 aliphatic heterocycles. The Morgan fingerprint density at radius 3 is 2.29 bits per heavy atom. The summed E-state index contributed by atoms with van der Waals surface area (Å²) in [6.07, 6.45) is -2.65. The molecule has 24 heavy (non-hydrogen) atoms. The normalized spacial score (nSPS) is 11.9. The van der Waals surface area contributed by atoms with Crippen LogP contribution in [0.2, 0.25) is 0 Å². The predicted molar refractivity (Wildman–Crippen MR) is 86.8 cm³/mol. The second-order valence-corrected chi connectivity index (χ2v) is 6.09. The Hall–Kier alpha value is -2.29. The number of nitrogens with one attached hydrogen (secondary N) is 1. The fraction of sp³-hybridized carbons (Fsp3) is 0.267. The zero-order valence-corrected chi connectivity index (χ0v) is 14.0.